The van der Waals surface area contributed by atoms with Crippen LogP contribution in [0.3, 0.4) is 0 Å². The molecule has 1 aromatic heterocycles. The third-order valence-electron chi connectivity index (χ3n) is 2.16. The Balaban J connectivity index is 2.74. The molecule has 0 spiro atoms. The summed E-state index contributed by atoms with van der Waals surface area (Å²) in [6.07, 6.45) is 1.51. The second kappa shape index (κ2) is 5.21. The fraction of sp³-hybridized carbons (Fsp3) is 0. The van der Waals surface area contributed by atoms with Crippen LogP contribution in [0.2, 0.25) is 25.2 Å². The highest BCUT2D eigenvalue weighted by atomic mass is 35.5. The molecule has 1 nitrogen and oxygen atoms in total. The summed E-state index contributed by atoms with van der Waals surface area (Å²) in [6.45, 7) is 0. The number of nitrogens with zero attached hydrogens (tertiary/aromatic N) is 1. The van der Waals surface area contributed by atoms with Crippen molar-refractivity contribution in [2.24, 2.45) is 0 Å². The molecule has 2 aromatic rings. The minimum Gasteiger partial charge on any atom is -0.244 e. The fourth-order valence-corrected chi connectivity index (χ4v) is 2.56. The molecule has 0 aliphatic rings. The summed E-state index contributed by atoms with van der Waals surface area (Å²) in [5.74, 6) is 0. The molecule has 0 saturated heterocycles. The van der Waals surface area contributed by atoms with Gasteiger partial charge in [-0.1, -0.05) is 64.1 Å². The Kier molecular flexibility index (Phi) is 4.06. The number of rotatable bonds is 1. The van der Waals surface area contributed by atoms with E-state index in [9.17, 15) is 0 Å². The molecule has 0 fully saturated rings. The Hall–Kier alpha value is -0.180. The maximum Gasteiger partial charge on any atom is 0.138 e. The minimum absolute atomic E-state index is 0.262. The van der Waals surface area contributed by atoms with Gasteiger partial charge in [0.15, 0.2) is 0 Å². The number of hydrogen-bond acceptors (Lipinski definition) is 1. The van der Waals surface area contributed by atoms with Gasteiger partial charge in [0.2, 0.25) is 0 Å². The van der Waals surface area contributed by atoms with Gasteiger partial charge < -0.3 is 0 Å². The zero-order chi connectivity index (χ0) is 12.6. The van der Waals surface area contributed by atoms with Crippen LogP contribution in [0, 0.1) is 0 Å². The molecule has 88 valence electrons. The first-order valence-electron chi connectivity index (χ1n) is 4.46. The monoisotopic (exact) mass is 325 g/mol. The van der Waals surface area contributed by atoms with Crippen LogP contribution in [0.5, 0.6) is 0 Å². The van der Waals surface area contributed by atoms with Gasteiger partial charge in [0, 0.05) is 17.3 Å². The first-order valence-corrected chi connectivity index (χ1v) is 6.35. The molecule has 6 heteroatoms. The first kappa shape index (κ1) is 13.3. The van der Waals surface area contributed by atoms with E-state index in [1.165, 1.54) is 6.20 Å². The summed E-state index contributed by atoms with van der Waals surface area (Å²) in [5.41, 5.74) is 1.14. The lowest BCUT2D eigenvalue weighted by atomic mass is 10.1. The molecule has 0 N–H and O–H groups in total. The van der Waals surface area contributed by atoms with Crippen molar-refractivity contribution < 1.29 is 0 Å². The SMILES string of the molecule is Clc1ccc(-c2c(Cl)ccnc2Cl)c(Cl)c1Cl. The lowest BCUT2D eigenvalue weighted by molar-refractivity contribution is 1.33. The fourth-order valence-electron chi connectivity index (χ4n) is 1.37. The topological polar surface area (TPSA) is 12.9 Å². The highest BCUT2D eigenvalue weighted by molar-refractivity contribution is 6.49. The van der Waals surface area contributed by atoms with Crippen LogP contribution in [0.25, 0.3) is 11.1 Å². The minimum atomic E-state index is 0.262. The van der Waals surface area contributed by atoms with Crippen molar-refractivity contribution in [1.29, 1.82) is 0 Å². The van der Waals surface area contributed by atoms with E-state index in [0.717, 1.165) is 0 Å². The Labute approximate surface area is 123 Å². The zero-order valence-electron chi connectivity index (χ0n) is 8.15. The zero-order valence-corrected chi connectivity index (χ0v) is 11.9. The molecule has 0 aliphatic carbocycles. The largest absolute Gasteiger partial charge is 0.244 e. The van der Waals surface area contributed by atoms with Crippen LogP contribution in [-0.2, 0) is 0 Å². The molecular weight excluding hydrogens is 323 g/mol. The molecule has 2 rings (SSSR count). The lowest BCUT2D eigenvalue weighted by Crippen LogP contribution is -1.87. The number of hydrogen-bond donors (Lipinski definition) is 0. The summed E-state index contributed by atoms with van der Waals surface area (Å²) in [7, 11) is 0. The predicted molar refractivity (Wildman–Crippen MR) is 74.7 cm³/mol. The Morgan fingerprint density at radius 3 is 2.12 bits per heavy atom. The Morgan fingerprint density at radius 1 is 0.765 bits per heavy atom. The van der Waals surface area contributed by atoms with E-state index in [2.05, 4.69) is 4.98 Å². The predicted octanol–water partition coefficient (Wildman–Crippen LogP) is 6.02. The molecule has 0 radical (unpaired) electrons. The van der Waals surface area contributed by atoms with Gasteiger partial charge in [-0.25, -0.2) is 4.98 Å². The number of pyridine rings is 1. The molecule has 1 heterocycles. The van der Waals surface area contributed by atoms with Gasteiger partial charge in [-0.2, -0.15) is 0 Å². The standard InChI is InChI=1S/C11H4Cl5N/c12-6-3-4-17-11(16)8(6)5-1-2-7(13)10(15)9(5)14/h1-4H. The number of halogens is 5. The van der Waals surface area contributed by atoms with Crippen LogP contribution in [0.4, 0.5) is 0 Å². The molecule has 1 aromatic carbocycles. The van der Waals surface area contributed by atoms with Gasteiger partial charge in [0.05, 0.1) is 20.1 Å². The van der Waals surface area contributed by atoms with Crippen molar-refractivity contribution >= 4 is 58.0 Å². The van der Waals surface area contributed by atoms with Gasteiger partial charge in [0.1, 0.15) is 5.15 Å². The third kappa shape index (κ3) is 2.49. The summed E-state index contributed by atoms with van der Waals surface area (Å²) in [6, 6.07) is 4.96. The van der Waals surface area contributed by atoms with E-state index in [4.69, 9.17) is 58.0 Å². The molecule has 0 saturated carbocycles. The van der Waals surface area contributed by atoms with Crippen LogP contribution < -0.4 is 0 Å². The molecule has 0 atom stereocenters. The van der Waals surface area contributed by atoms with E-state index in [-0.39, 0.29) is 10.2 Å². The van der Waals surface area contributed by atoms with Crippen LogP contribution in [0.15, 0.2) is 24.4 Å². The first-order chi connectivity index (χ1) is 8.02. The van der Waals surface area contributed by atoms with E-state index < -0.39 is 0 Å². The van der Waals surface area contributed by atoms with Crippen LogP contribution >= 0.6 is 58.0 Å². The summed E-state index contributed by atoms with van der Waals surface area (Å²) in [5, 5.41) is 1.65. The van der Waals surface area contributed by atoms with Crippen molar-refractivity contribution in [2.75, 3.05) is 0 Å². The van der Waals surface area contributed by atoms with Crippen molar-refractivity contribution in [1.82, 2.24) is 4.98 Å². The molecular formula is C11H4Cl5N. The highest BCUT2D eigenvalue weighted by Gasteiger charge is 2.16. The second-order valence-electron chi connectivity index (χ2n) is 3.18. The van der Waals surface area contributed by atoms with E-state index in [1.54, 1.807) is 18.2 Å². The maximum absolute atomic E-state index is 6.12. The van der Waals surface area contributed by atoms with E-state index >= 15 is 0 Å². The summed E-state index contributed by atoms with van der Waals surface area (Å²) >= 11 is 30.0. The number of benzene rings is 1. The van der Waals surface area contributed by atoms with Crippen molar-refractivity contribution in [3.63, 3.8) is 0 Å². The van der Waals surface area contributed by atoms with Gasteiger partial charge in [-0.3, -0.25) is 0 Å². The van der Waals surface area contributed by atoms with Crippen LogP contribution in [0.1, 0.15) is 0 Å². The Bertz CT molecular complexity index is 562. The third-order valence-corrected chi connectivity index (χ3v) is 4.05. The molecule has 0 amide bonds. The number of aromatic nitrogens is 1. The van der Waals surface area contributed by atoms with Gasteiger partial charge >= 0.3 is 0 Å². The highest BCUT2D eigenvalue weighted by Crippen LogP contribution is 2.42. The quantitative estimate of drug-likeness (QED) is 0.461. The van der Waals surface area contributed by atoms with E-state index in [1.807, 2.05) is 0 Å². The van der Waals surface area contributed by atoms with Gasteiger partial charge in [-0.05, 0) is 12.1 Å². The smallest absolute Gasteiger partial charge is 0.138 e. The van der Waals surface area contributed by atoms with Crippen LogP contribution in [-0.4, -0.2) is 4.98 Å². The average Bonchev–Trinajstić information content (AvgIpc) is 2.29. The maximum atomic E-state index is 6.12. The molecule has 0 unspecified atom stereocenters. The van der Waals surface area contributed by atoms with Crippen molar-refractivity contribution in [3.8, 4) is 11.1 Å². The lowest BCUT2D eigenvalue weighted by Gasteiger charge is -2.10. The normalized spacial score (nSPS) is 10.6. The summed E-state index contributed by atoms with van der Waals surface area (Å²) in [4.78, 5) is 3.96. The van der Waals surface area contributed by atoms with Crippen molar-refractivity contribution in [3.05, 3.63) is 49.6 Å². The molecule has 0 bridgehead atoms. The molecule has 17 heavy (non-hydrogen) atoms. The van der Waals surface area contributed by atoms with Crippen molar-refractivity contribution in [2.45, 2.75) is 0 Å². The second-order valence-corrected chi connectivity index (χ2v) is 5.11. The van der Waals surface area contributed by atoms with Gasteiger partial charge in [0.25, 0.3) is 0 Å². The average molecular weight is 327 g/mol. The Morgan fingerprint density at radius 2 is 1.47 bits per heavy atom. The van der Waals surface area contributed by atoms with E-state index in [0.29, 0.717) is 26.2 Å². The molecule has 0 aliphatic heterocycles. The summed E-state index contributed by atoms with van der Waals surface area (Å²) < 4.78 is 0. The van der Waals surface area contributed by atoms with Gasteiger partial charge in [-0.15, -0.1) is 0 Å².